The van der Waals surface area contributed by atoms with Gasteiger partial charge >= 0.3 is 0 Å². The summed E-state index contributed by atoms with van der Waals surface area (Å²) in [4.78, 5) is 0. The molecular weight excluding hydrogens is 311 g/mol. The first-order valence-electron chi connectivity index (χ1n) is 9.12. The summed E-state index contributed by atoms with van der Waals surface area (Å²) in [6.07, 6.45) is 7.76. The van der Waals surface area contributed by atoms with Crippen LogP contribution in [0.15, 0.2) is 60.8 Å². The van der Waals surface area contributed by atoms with Crippen LogP contribution < -0.4 is 0 Å². The van der Waals surface area contributed by atoms with Gasteiger partial charge in [0.25, 0.3) is 0 Å². The lowest BCUT2D eigenvalue weighted by atomic mass is 9.91. The van der Waals surface area contributed by atoms with Gasteiger partial charge in [-0.1, -0.05) is 48.9 Å². The second-order valence-corrected chi connectivity index (χ2v) is 6.97. The van der Waals surface area contributed by atoms with Crippen molar-refractivity contribution in [3.63, 3.8) is 0 Å². The number of aryl methyl sites for hydroxylation is 1. The minimum atomic E-state index is -0.167. The van der Waals surface area contributed by atoms with Gasteiger partial charge in [0.1, 0.15) is 5.82 Å². The summed E-state index contributed by atoms with van der Waals surface area (Å²) < 4.78 is 15.4. The van der Waals surface area contributed by atoms with Gasteiger partial charge in [0, 0.05) is 11.6 Å². The topological polar surface area (TPSA) is 17.8 Å². The van der Waals surface area contributed by atoms with E-state index in [1.54, 1.807) is 12.1 Å². The molecule has 3 aromatic rings. The maximum Gasteiger partial charge on any atom is 0.123 e. The van der Waals surface area contributed by atoms with E-state index in [1.165, 1.54) is 41.6 Å². The largest absolute Gasteiger partial charge is 0.265 e. The Bertz CT molecular complexity index is 821. The molecule has 3 heteroatoms. The molecule has 0 spiro atoms. The second-order valence-electron chi connectivity index (χ2n) is 6.97. The van der Waals surface area contributed by atoms with Crippen LogP contribution in [0.4, 0.5) is 4.39 Å². The predicted octanol–water partition coefficient (Wildman–Crippen LogP) is 5.12. The third-order valence-corrected chi connectivity index (χ3v) is 5.17. The van der Waals surface area contributed by atoms with Crippen molar-refractivity contribution >= 4 is 0 Å². The molecule has 128 valence electrons. The van der Waals surface area contributed by atoms with Gasteiger partial charge in [0.15, 0.2) is 0 Å². The Labute approximate surface area is 148 Å². The fourth-order valence-electron chi connectivity index (χ4n) is 3.93. The number of aromatic nitrogens is 2. The van der Waals surface area contributed by atoms with Gasteiger partial charge in [0.2, 0.25) is 0 Å². The SMILES string of the molecule is Fc1ccc(CC2CCCCc3cnn(Cc4ccccc4)c32)cc1. The van der Waals surface area contributed by atoms with Gasteiger partial charge in [-0.05, 0) is 54.5 Å². The first kappa shape index (κ1) is 16.1. The van der Waals surface area contributed by atoms with Crippen molar-refractivity contribution in [3.05, 3.63) is 89.0 Å². The van der Waals surface area contributed by atoms with Crippen molar-refractivity contribution in [2.24, 2.45) is 0 Å². The van der Waals surface area contributed by atoms with Crippen LogP contribution in [0.1, 0.15) is 47.6 Å². The molecule has 0 radical (unpaired) electrons. The van der Waals surface area contributed by atoms with Crippen molar-refractivity contribution in [3.8, 4) is 0 Å². The van der Waals surface area contributed by atoms with Crippen molar-refractivity contribution in [1.82, 2.24) is 9.78 Å². The minimum absolute atomic E-state index is 0.167. The Balaban J connectivity index is 1.64. The molecule has 0 fully saturated rings. The summed E-state index contributed by atoms with van der Waals surface area (Å²) in [5.74, 6) is 0.286. The van der Waals surface area contributed by atoms with Crippen LogP contribution in [0.2, 0.25) is 0 Å². The quantitative estimate of drug-likeness (QED) is 0.605. The van der Waals surface area contributed by atoms with E-state index in [-0.39, 0.29) is 5.82 Å². The Morgan fingerprint density at radius 2 is 1.76 bits per heavy atom. The van der Waals surface area contributed by atoms with Gasteiger partial charge in [-0.15, -0.1) is 0 Å². The molecule has 25 heavy (non-hydrogen) atoms. The summed E-state index contributed by atoms with van der Waals surface area (Å²) in [7, 11) is 0. The fourth-order valence-corrected chi connectivity index (χ4v) is 3.93. The molecule has 2 aromatic carbocycles. The molecule has 1 unspecified atom stereocenters. The molecule has 0 saturated carbocycles. The summed E-state index contributed by atoms with van der Waals surface area (Å²) in [5, 5.41) is 4.70. The second kappa shape index (κ2) is 7.22. The highest BCUT2D eigenvalue weighted by Gasteiger charge is 2.24. The Morgan fingerprint density at radius 3 is 2.56 bits per heavy atom. The molecule has 0 N–H and O–H groups in total. The lowest BCUT2D eigenvalue weighted by molar-refractivity contribution is 0.532. The fraction of sp³-hybridized carbons (Fsp3) is 0.318. The van der Waals surface area contributed by atoms with Gasteiger partial charge in [-0.2, -0.15) is 5.10 Å². The number of nitrogens with zero attached hydrogens (tertiary/aromatic N) is 2. The summed E-state index contributed by atoms with van der Waals surface area (Å²) in [5.41, 5.74) is 5.25. The molecule has 4 rings (SSSR count). The first-order valence-corrected chi connectivity index (χ1v) is 9.12. The molecule has 2 nitrogen and oxygen atoms in total. The van der Waals surface area contributed by atoms with Crippen LogP contribution >= 0.6 is 0 Å². The van der Waals surface area contributed by atoms with Crippen LogP contribution in [-0.4, -0.2) is 9.78 Å². The first-order chi connectivity index (χ1) is 12.3. The zero-order valence-corrected chi connectivity index (χ0v) is 14.4. The number of hydrogen-bond donors (Lipinski definition) is 0. The van der Waals surface area contributed by atoms with E-state index < -0.39 is 0 Å². The zero-order valence-electron chi connectivity index (χ0n) is 14.4. The Kier molecular flexibility index (Phi) is 4.64. The van der Waals surface area contributed by atoms with Crippen LogP contribution in [-0.2, 0) is 19.4 Å². The minimum Gasteiger partial charge on any atom is -0.265 e. The average Bonchev–Trinajstić information content (AvgIpc) is 2.91. The normalized spacial score (nSPS) is 17.1. The summed E-state index contributed by atoms with van der Waals surface area (Å²) in [6, 6.07) is 17.5. The summed E-state index contributed by atoms with van der Waals surface area (Å²) >= 11 is 0. The van der Waals surface area contributed by atoms with E-state index >= 15 is 0 Å². The number of rotatable bonds is 4. The van der Waals surface area contributed by atoms with E-state index in [2.05, 4.69) is 35.1 Å². The number of halogens is 1. The molecule has 1 aliphatic carbocycles. The predicted molar refractivity (Wildman–Crippen MR) is 98.2 cm³/mol. The lowest BCUT2D eigenvalue weighted by Crippen LogP contribution is -2.13. The molecule has 1 heterocycles. The number of fused-ring (bicyclic) bond motifs is 1. The smallest absolute Gasteiger partial charge is 0.123 e. The number of benzene rings is 2. The van der Waals surface area contributed by atoms with Crippen LogP contribution in [0.5, 0.6) is 0 Å². The van der Waals surface area contributed by atoms with E-state index in [4.69, 9.17) is 5.10 Å². The van der Waals surface area contributed by atoms with Crippen molar-refractivity contribution in [1.29, 1.82) is 0 Å². The van der Waals surface area contributed by atoms with E-state index in [0.29, 0.717) is 5.92 Å². The third kappa shape index (κ3) is 3.65. The van der Waals surface area contributed by atoms with Crippen molar-refractivity contribution in [2.45, 2.75) is 44.6 Å². The van der Waals surface area contributed by atoms with Gasteiger partial charge in [-0.25, -0.2) is 4.39 Å². The number of hydrogen-bond acceptors (Lipinski definition) is 1. The van der Waals surface area contributed by atoms with Gasteiger partial charge < -0.3 is 0 Å². The van der Waals surface area contributed by atoms with Crippen LogP contribution in [0.3, 0.4) is 0 Å². The van der Waals surface area contributed by atoms with E-state index in [9.17, 15) is 4.39 Å². The standard InChI is InChI=1S/C22H23FN2/c23-21-12-10-17(11-13-21)14-19-8-4-5-9-20-15-24-25(22(19)20)16-18-6-2-1-3-7-18/h1-3,6-7,10-13,15,19H,4-5,8-9,14,16H2. The molecule has 1 atom stereocenters. The summed E-state index contributed by atoms with van der Waals surface area (Å²) in [6.45, 7) is 0.816. The molecule has 0 bridgehead atoms. The Morgan fingerprint density at radius 1 is 0.960 bits per heavy atom. The molecule has 0 aliphatic heterocycles. The lowest BCUT2D eigenvalue weighted by Gasteiger charge is -2.19. The molecule has 0 amide bonds. The molecule has 1 aromatic heterocycles. The zero-order chi connectivity index (χ0) is 17.1. The van der Waals surface area contributed by atoms with Crippen molar-refractivity contribution in [2.75, 3.05) is 0 Å². The van der Waals surface area contributed by atoms with Crippen LogP contribution in [0.25, 0.3) is 0 Å². The maximum atomic E-state index is 13.2. The highest BCUT2D eigenvalue weighted by molar-refractivity contribution is 5.28. The van der Waals surface area contributed by atoms with Gasteiger partial charge in [-0.3, -0.25) is 4.68 Å². The highest BCUT2D eigenvalue weighted by atomic mass is 19.1. The monoisotopic (exact) mass is 334 g/mol. The molecule has 1 aliphatic rings. The highest BCUT2D eigenvalue weighted by Crippen LogP contribution is 2.33. The third-order valence-electron chi connectivity index (χ3n) is 5.17. The molecular formula is C22H23FN2. The Hall–Kier alpha value is -2.42. The maximum absolute atomic E-state index is 13.2. The van der Waals surface area contributed by atoms with Crippen LogP contribution in [0, 0.1) is 5.82 Å². The van der Waals surface area contributed by atoms with Crippen molar-refractivity contribution < 1.29 is 4.39 Å². The van der Waals surface area contributed by atoms with Gasteiger partial charge in [0.05, 0.1) is 12.7 Å². The average molecular weight is 334 g/mol. The van der Waals surface area contributed by atoms with E-state index in [0.717, 1.165) is 19.4 Å². The molecule has 0 saturated heterocycles. The van der Waals surface area contributed by atoms with E-state index in [1.807, 2.05) is 18.2 Å².